The zero-order chi connectivity index (χ0) is 15.9. The topological polar surface area (TPSA) is 26.0 Å². The second-order valence-corrected chi connectivity index (χ2v) is 4.56. The summed E-state index contributed by atoms with van der Waals surface area (Å²) < 4.78 is 89.1. The Kier molecular flexibility index (Phi) is 4.38. The highest BCUT2D eigenvalue weighted by Gasteiger charge is 2.60. The smallest absolute Gasteiger partial charge is 0.323 e. The molecular weight excluding hydrogens is 291 g/mol. The SMILES string of the molecule is Cc1cc(C)c(C(N)C(C(F)(F)F)C(F)(F)F)c(F)c1. The molecule has 0 radical (unpaired) electrons. The fourth-order valence-electron chi connectivity index (χ4n) is 2.11. The van der Waals surface area contributed by atoms with E-state index in [0.29, 0.717) is 5.56 Å². The van der Waals surface area contributed by atoms with E-state index in [2.05, 4.69) is 0 Å². The van der Waals surface area contributed by atoms with Crippen LogP contribution in [-0.2, 0) is 0 Å². The lowest BCUT2D eigenvalue weighted by Crippen LogP contribution is -2.44. The third kappa shape index (κ3) is 3.41. The lowest BCUT2D eigenvalue weighted by Gasteiger charge is -2.29. The molecule has 1 aromatic rings. The van der Waals surface area contributed by atoms with Crippen LogP contribution in [0.2, 0.25) is 0 Å². The zero-order valence-electron chi connectivity index (χ0n) is 10.5. The zero-order valence-corrected chi connectivity index (χ0v) is 10.5. The third-order valence-corrected chi connectivity index (χ3v) is 2.88. The third-order valence-electron chi connectivity index (χ3n) is 2.88. The van der Waals surface area contributed by atoms with E-state index < -0.39 is 35.7 Å². The van der Waals surface area contributed by atoms with Crippen molar-refractivity contribution in [2.45, 2.75) is 32.2 Å². The van der Waals surface area contributed by atoms with Crippen LogP contribution in [0.25, 0.3) is 0 Å². The minimum absolute atomic E-state index is 0.0477. The van der Waals surface area contributed by atoms with E-state index >= 15 is 0 Å². The first kappa shape index (κ1) is 16.7. The van der Waals surface area contributed by atoms with Gasteiger partial charge < -0.3 is 5.73 Å². The average molecular weight is 303 g/mol. The Morgan fingerprint density at radius 2 is 1.40 bits per heavy atom. The van der Waals surface area contributed by atoms with Crippen LogP contribution in [0.4, 0.5) is 30.7 Å². The van der Waals surface area contributed by atoms with Crippen molar-refractivity contribution in [2.24, 2.45) is 11.7 Å². The molecule has 0 aliphatic carbocycles. The molecule has 1 aromatic carbocycles. The van der Waals surface area contributed by atoms with Crippen LogP contribution in [0, 0.1) is 25.6 Å². The van der Waals surface area contributed by atoms with Crippen molar-refractivity contribution >= 4 is 0 Å². The van der Waals surface area contributed by atoms with Gasteiger partial charge in [0.05, 0.1) is 6.04 Å². The van der Waals surface area contributed by atoms with E-state index in [4.69, 9.17) is 5.73 Å². The van der Waals surface area contributed by atoms with Crippen molar-refractivity contribution in [3.05, 3.63) is 34.6 Å². The number of rotatable bonds is 2. The molecule has 0 bridgehead atoms. The summed E-state index contributed by atoms with van der Waals surface area (Å²) >= 11 is 0. The van der Waals surface area contributed by atoms with Crippen molar-refractivity contribution in [1.29, 1.82) is 0 Å². The summed E-state index contributed by atoms with van der Waals surface area (Å²) in [6.45, 7) is 2.69. The van der Waals surface area contributed by atoms with Gasteiger partial charge in [0.15, 0.2) is 5.92 Å². The molecule has 0 spiro atoms. The Morgan fingerprint density at radius 1 is 0.950 bits per heavy atom. The Labute approximate surface area is 110 Å². The lowest BCUT2D eigenvalue weighted by molar-refractivity contribution is -0.290. The maximum Gasteiger partial charge on any atom is 0.402 e. The first-order valence-electron chi connectivity index (χ1n) is 5.51. The van der Waals surface area contributed by atoms with E-state index in [1.165, 1.54) is 19.9 Å². The van der Waals surface area contributed by atoms with Gasteiger partial charge in [-0.2, -0.15) is 26.3 Å². The molecule has 8 heteroatoms. The van der Waals surface area contributed by atoms with Gasteiger partial charge in [-0.3, -0.25) is 0 Å². The van der Waals surface area contributed by atoms with Crippen LogP contribution in [0.1, 0.15) is 22.7 Å². The first-order valence-corrected chi connectivity index (χ1v) is 5.51. The summed E-state index contributed by atoms with van der Waals surface area (Å²) in [5, 5.41) is 0. The van der Waals surface area contributed by atoms with Crippen LogP contribution in [0.5, 0.6) is 0 Å². The largest absolute Gasteiger partial charge is 0.402 e. The van der Waals surface area contributed by atoms with Crippen molar-refractivity contribution in [1.82, 2.24) is 0 Å². The Morgan fingerprint density at radius 3 is 1.75 bits per heavy atom. The molecule has 20 heavy (non-hydrogen) atoms. The predicted molar refractivity (Wildman–Crippen MR) is 58.4 cm³/mol. The molecule has 0 amide bonds. The van der Waals surface area contributed by atoms with Gasteiger partial charge in [0.25, 0.3) is 0 Å². The highest BCUT2D eigenvalue weighted by Crippen LogP contribution is 2.46. The van der Waals surface area contributed by atoms with Crippen LogP contribution in [0.15, 0.2) is 12.1 Å². The average Bonchev–Trinajstić information content (AvgIpc) is 2.09. The molecule has 0 heterocycles. The van der Waals surface area contributed by atoms with Crippen LogP contribution >= 0.6 is 0 Å². The van der Waals surface area contributed by atoms with Crippen molar-refractivity contribution < 1.29 is 30.7 Å². The van der Waals surface area contributed by atoms with E-state index in [9.17, 15) is 30.7 Å². The molecular formula is C12H12F7N. The molecule has 1 nitrogen and oxygen atoms in total. The fraction of sp³-hybridized carbons (Fsp3) is 0.500. The van der Waals surface area contributed by atoms with Gasteiger partial charge in [-0.15, -0.1) is 0 Å². The fourth-order valence-corrected chi connectivity index (χ4v) is 2.11. The maximum absolute atomic E-state index is 13.7. The first-order chi connectivity index (χ1) is 8.85. The molecule has 1 atom stereocenters. The van der Waals surface area contributed by atoms with E-state index in [1.807, 2.05) is 0 Å². The molecule has 0 fully saturated rings. The second kappa shape index (κ2) is 5.23. The number of hydrogen-bond acceptors (Lipinski definition) is 1. The number of alkyl halides is 6. The predicted octanol–water partition coefficient (Wildman–Crippen LogP) is 4.18. The molecule has 0 saturated heterocycles. The van der Waals surface area contributed by atoms with Crippen molar-refractivity contribution in [2.75, 3.05) is 0 Å². The van der Waals surface area contributed by atoms with Gasteiger partial charge in [-0.25, -0.2) is 4.39 Å². The summed E-state index contributed by atoms with van der Waals surface area (Å²) in [5.41, 5.74) is 4.65. The van der Waals surface area contributed by atoms with E-state index in [0.717, 1.165) is 6.07 Å². The van der Waals surface area contributed by atoms with Gasteiger partial charge in [0, 0.05) is 5.56 Å². The van der Waals surface area contributed by atoms with Gasteiger partial charge in [-0.1, -0.05) is 6.07 Å². The standard InChI is InChI=1S/C12H12F7N/c1-5-3-6(2)8(7(13)4-5)9(20)10(11(14,15)16)12(17,18)19/h3-4,9-10H,20H2,1-2H3. The monoisotopic (exact) mass is 303 g/mol. The van der Waals surface area contributed by atoms with Crippen LogP contribution < -0.4 is 5.73 Å². The van der Waals surface area contributed by atoms with E-state index in [1.54, 1.807) is 0 Å². The van der Waals surface area contributed by atoms with Gasteiger partial charge in [0.2, 0.25) is 0 Å². The molecule has 1 rings (SSSR count). The van der Waals surface area contributed by atoms with Gasteiger partial charge in [0.1, 0.15) is 5.82 Å². The van der Waals surface area contributed by atoms with Gasteiger partial charge >= 0.3 is 12.4 Å². The normalized spacial score (nSPS) is 14.8. The number of halogens is 7. The number of benzene rings is 1. The van der Waals surface area contributed by atoms with E-state index in [-0.39, 0.29) is 5.56 Å². The minimum atomic E-state index is -5.61. The summed E-state index contributed by atoms with van der Waals surface area (Å²) in [6, 6.07) is -0.413. The summed E-state index contributed by atoms with van der Waals surface area (Å²) in [5.74, 6) is -4.99. The highest BCUT2D eigenvalue weighted by molar-refractivity contribution is 5.35. The molecule has 1 unspecified atom stereocenters. The van der Waals surface area contributed by atoms with Crippen molar-refractivity contribution in [3.63, 3.8) is 0 Å². The lowest BCUT2D eigenvalue weighted by atomic mass is 9.88. The van der Waals surface area contributed by atoms with Crippen LogP contribution in [-0.4, -0.2) is 12.4 Å². The quantitative estimate of drug-likeness (QED) is 0.815. The molecule has 0 aromatic heterocycles. The minimum Gasteiger partial charge on any atom is -0.323 e. The Hall–Kier alpha value is -1.31. The summed E-state index contributed by atoms with van der Waals surface area (Å²) in [4.78, 5) is 0. The Balaban J connectivity index is 3.38. The number of aryl methyl sites for hydroxylation is 2. The Bertz CT molecular complexity index is 453. The van der Waals surface area contributed by atoms with Crippen molar-refractivity contribution in [3.8, 4) is 0 Å². The molecule has 0 aliphatic heterocycles. The molecule has 0 aliphatic rings. The second-order valence-electron chi connectivity index (χ2n) is 4.56. The highest BCUT2D eigenvalue weighted by atomic mass is 19.4. The molecule has 0 saturated carbocycles. The van der Waals surface area contributed by atoms with Crippen LogP contribution in [0.3, 0.4) is 0 Å². The number of hydrogen-bond donors (Lipinski definition) is 1. The molecule has 2 N–H and O–H groups in total. The summed E-state index contributed by atoms with van der Waals surface area (Å²) in [6.07, 6.45) is -11.2. The maximum atomic E-state index is 13.7. The summed E-state index contributed by atoms with van der Waals surface area (Å²) in [7, 11) is 0. The molecule has 114 valence electrons. The van der Waals surface area contributed by atoms with Gasteiger partial charge in [-0.05, 0) is 31.0 Å². The number of nitrogens with two attached hydrogens (primary N) is 1.